The van der Waals surface area contributed by atoms with Crippen LogP contribution in [0.15, 0.2) is 39.7 Å². The molecule has 0 amide bonds. The van der Waals surface area contributed by atoms with E-state index in [-0.39, 0.29) is 10.7 Å². The van der Waals surface area contributed by atoms with Crippen molar-refractivity contribution in [3.05, 3.63) is 49.6 Å². The Bertz CT molecular complexity index is 731. The molecule has 0 N–H and O–H groups in total. The Kier molecular flexibility index (Phi) is 4.15. The van der Waals surface area contributed by atoms with Crippen LogP contribution in [0.5, 0.6) is 0 Å². The molecule has 0 unspecified atom stereocenters. The van der Waals surface area contributed by atoms with Crippen molar-refractivity contribution in [2.75, 3.05) is 6.26 Å². The van der Waals surface area contributed by atoms with Gasteiger partial charge in [0.1, 0.15) is 4.34 Å². The van der Waals surface area contributed by atoms with Gasteiger partial charge in [-0.05, 0) is 34.1 Å². The fourth-order valence-corrected chi connectivity index (χ4v) is 3.80. The molecule has 0 saturated heterocycles. The quantitative estimate of drug-likeness (QED) is 0.762. The van der Waals surface area contributed by atoms with Crippen molar-refractivity contribution < 1.29 is 13.2 Å². The minimum atomic E-state index is -3.33. The number of rotatable bonds is 3. The molecule has 2 aromatic rings. The predicted octanol–water partition coefficient (Wildman–Crippen LogP) is 3.80. The molecule has 1 heterocycles. The summed E-state index contributed by atoms with van der Waals surface area (Å²) < 4.78 is 24.1. The van der Waals surface area contributed by atoms with E-state index in [2.05, 4.69) is 15.9 Å². The van der Waals surface area contributed by atoms with Gasteiger partial charge in [0.15, 0.2) is 9.84 Å². The molecule has 0 radical (unpaired) electrons. The Morgan fingerprint density at radius 2 is 2.00 bits per heavy atom. The third kappa shape index (κ3) is 3.25. The highest BCUT2D eigenvalue weighted by atomic mass is 79.9. The zero-order valence-electron chi connectivity index (χ0n) is 9.68. The lowest BCUT2D eigenvalue weighted by molar-refractivity contribution is 0.104. The lowest BCUT2D eigenvalue weighted by atomic mass is 10.1. The SMILES string of the molecule is CS(=O)(=O)c1cccc(C(=O)c2cc(Br)c(Cl)s2)c1. The maximum atomic E-state index is 12.2. The number of carbonyl (C=O) groups is 1. The van der Waals surface area contributed by atoms with E-state index >= 15 is 0 Å². The first-order valence-corrected chi connectivity index (χ1v) is 8.96. The standard InChI is InChI=1S/C12H8BrClO3S2/c1-19(16,17)8-4-2-3-7(5-8)11(15)10-6-9(13)12(14)18-10/h2-6H,1H3. The Morgan fingerprint density at radius 3 is 2.53 bits per heavy atom. The van der Waals surface area contributed by atoms with Crippen LogP contribution in [0.25, 0.3) is 0 Å². The van der Waals surface area contributed by atoms with E-state index in [4.69, 9.17) is 11.6 Å². The maximum absolute atomic E-state index is 12.2. The molecular weight excluding hydrogens is 372 g/mol. The second kappa shape index (κ2) is 5.36. The van der Waals surface area contributed by atoms with Gasteiger partial charge in [0.25, 0.3) is 0 Å². The summed E-state index contributed by atoms with van der Waals surface area (Å²) in [7, 11) is -3.33. The van der Waals surface area contributed by atoms with E-state index in [9.17, 15) is 13.2 Å². The van der Waals surface area contributed by atoms with Gasteiger partial charge in [-0.25, -0.2) is 8.42 Å². The fraction of sp³-hybridized carbons (Fsp3) is 0.0833. The lowest BCUT2D eigenvalue weighted by Crippen LogP contribution is -2.02. The molecule has 0 saturated carbocycles. The Balaban J connectivity index is 2.45. The largest absolute Gasteiger partial charge is 0.288 e. The van der Waals surface area contributed by atoms with Gasteiger partial charge in [0.2, 0.25) is 5.78 Å². The number of halogens is 2. The number of ketones is 1. The smallest absolute Gasteiger partial charge is 0.203 e. The van der Waals surface area contributed by atoms with E-state index in [1.165, 1.54) is 12.1 Å². The average Bonchev–Trinajstić information content (AvgIpc) is 2.68. The molecule has 0 fully saturated rings. The summed E-state index contributed by atoms with van der Waals surface area (Å²) in [5.41, 5.74) is 0.327. The van der Waals surface area contributed by atoms with Crippen LogP contribution in [-0.4, -0.2) is 20.5 Å². The van der Waals surface area contributed by atoms with Crippen molar-refractivity contribution in [1.29, 1.82) is 0 Å². The number of hydrogen-bond donors (Lipinski definition) is 0. The summed E-state index contributed by atoms with van der Waals surface area (Å²) in [6.45, 7) is 0. The molecular formula is C12H8BrClO3S2. The molecule has 7 heteroatoms. The number of thiophene rings is 1. The summed E-state index contributed by atoms with van der Waals surface area (Å²) in [5, 5.41) is 0. The Morgan fingerprint density at radius 1 is 1.32 bits per heavy atom. The second-order valence-electron chi connectivity index (χ2n) is 3.86. The van der Waals surface area contributed by atoms with Gasteiger partial charge in [0, 0.05) is 16.3 Å². The number of hydrogen-bond acceptors (Lipinski definition) is 4. The lowest BCUT2D eigenvalue weighted by Gasteiger charge is -2.01. The zero-order chi connectivity index (χ0) is 14.2. The maximum Gasteiger partial charge on any atom is 0.203 e. The van der Waals surface area contributed by atoms with Gasteiger partial charge in [-0.15, -0.1) is 11.3 Å². The zero-order valence-corrected chi connectivity index (χ0v) is 13.7. The molecule has 0 aliphatic rings. The highest BCUT2D eigenvalue weighted by molar-refractivity contribution is 9.10. The number of carbonyl (C=O) groups excluding carboxylic acids is 1. The van der Waals surface area contributed by atoms with Gasteiger partial charge in [-0.3, -0.25) is 4.79 Å². The summed E-state index contributed by atoms with van der Waals surface area (Å²) in [5.74, 6) is -0.247. The third-order valence-electron chi connectivity index (χ3n) is 2.39. The summed E-state index contributed by atoms with van der Waals surface area (Å²) >= 11 is 10.3. The minimum absolute atomic E-state index is 0.125. The van der Waals surface area contributed by atoms with Crippen LogP contribution in [0.3, 0.4) is 0 Å². The molecule has 100 valence electrons. The Labute approximate surface area is 128 Å². The van der Waals surface area contributed by atoms with E-state index in [1.54, 1.807) is 18.2 Å². The molecule has 19 heavy (non-hydrogen) atoms. The van der Waals surface area contributed by atoms with Crippen molar-refractivity contribution >= 4 is 54.5 Å². The number of benzene rings is 1. The van der Waals surface area contributed by atoms with Crippen LogP contribution in [0.2, 0.25) is 4.34 Å². The number of sulfone groups is 1. The monoisotopic (exact) mass is 378 g/mol. The van der Waals surface area contributed by atoms with Crippen LogP contribution in [-0.2, 0) is 9.84 Å². The average molecular weight is 380 g/mol. The van der Waals surface area contributed by atoms with Crippen LogP contribution in [0.1, 0.15) is 15.2 Å². The molecule has 0 spiro atoms. The molecule has 1 aromatic heterocycles. The third-order valence-corrected chi connectivity index (χ3v) is 5.98. The van der Waals surface area contributed by atoms with E-state index in [0.717, 1.165) is 17.6 Å². The topological polar surface area (TPSA) is 51.2 Å². The summed E-state index contributed by atoms with van der Waals surface area (Å²) in [4.78, 5) is 12.8. The van der Waals surface area contributed by atoms with Crippen LogP contribution >= 0.6 is 38.9 Å². The van der Waals surface area contributed by atoms with Crippen molar-refractivity contribution in [1.82, 2.24) is 0 Å². The van der Waals surface area contributed by atoms with Gasteiger partial charge in [-0.2, -0.15) is 0 Å². The van der Waals surface area contributed by atoms with Gasteiger partial charge < -0.3 is 0 Å². The van der Waals surface area contributed by atoms with Crippen molar-refractivity contribution in [2.24, 2.45) is 0 Å². The van der Waals surface area contributed by atoms with Gasteiger partial charge in [-0.1, -0.05) is 23.7 Å². The highest BCUT2D eigenvalue weighted by Crippen LogP contribution is 2.33. The van der Waals surface area contributed by atoms with Crippen LogP contribution in [0.4, 0.5) is 0 Å². The van der Waals surface area contributed by atoms with Gasteiger partial charge >= 0.3 is 0 Å². The van der Waals surface area contributed by atoms with Crippen molar-refractivity contribution in [2.45, 2.75) is 4.90 Å². The highest BCUT2D eigenvalue weighted by Gasteiger charge is 2.16. The van der Waals surface area contributed by atoms with Crippen LogP contribution < -0.4 is 0 Å². The van der Waals surface area contributed by atoms with E-state index in [1.807, 2.05) is 0 Å². The molecule has 3 nitrogen and oxygen atoms in total. The molecule has 0 aliphatic heterocycles. The molecule has 0 atom stereocenters. The van der Waals surface area contributed by atoms with E-state index < -0.39 is 9.84 Å². The molecule has 2 rings (SSSR count). The van der Waals surface area contributed by atoms with Gasteiger partial charge in [0.05, 0.1) is 9.77 Å². The normalized spacial score (nSPS) is 11.5. The predicted molar refractivity (Wildman–Crippen MR) is 80.0 cm³/mol. The first-order valence-electron chi connectivity index (χ1n) is 5.08. The Hall–Kier alpha value is -0.690. The van der Waals surface area contributed by atoms with Crippen LogP contribution in [0, 0.1) is 0 Å². The van der Waals surface area contributed by atoms with Crippen molar-refractivity contribution in [3.8, 4) is 0 Å². The first kappa shape index (κ1) is 14.7. The first-order chi connectivity index (χ1) is 8.79. The van der Waals surface area contributed by atoms with E-state index in [0.29, 0.717) is 19.2 Å². The fourth-order valence-electron chi connectivity index (χ4n) is 1.47. The summed E-state index contributed by atoms with van der Waals surface area (Å²) in [6.07, 6.45) is 1.11. The second-order valence-corrected chi connectivity index (χ2v) is 8.39. The molecule has 1 aromatic carbocycles. The molecule has 0 bridgehead atoms. The minimum Gasteiger partial charge on any atom is -0.288 e. The molecule has 0 aliphatic carbocycles. The van der Waals surface area contributed by atoms with Crippen molar-refractivity contribution in [3.63, 3.8) is 0 Å². The summed E-state index contributed by atoms with van der Waals surface area (Å²) in [6, 6.07) is 7.59.